The van der Waals surface area contributed by atoms with Gasteiger partial charge in [0.1, 0.15) is 5.82 Å². The molecule has 0 atom stereocenters. The molecular formula is C33H29FN4O2S2. The fourth-order valence-electron chi connectivity index (χ4n) is 5.49. The first-order valence-electron chi connectivity index (χ1n) is 14.1. The molecule has 0 spiro atoms. The molecule has 2 aliphatic rings. The van der Waals surface area contributed by atoms with E-state index in [0.29, 0.717) is 28.3 Å². The molecule has 0 saturated heterocycles. The Labute approximate surface area is 251 Å². The average Bonchev–Trinajstić information content (AvgIpc) is 3.93. The van der Waals surface area contributed by atoms with Crippen molar-refractivity contribution in [2.24, 2.45) is 11.1 Å². The van der Waals surface area contributed by atoms with Crippen molar-refractivity contribution in [2.45, 2.75) is 49.3 Å². The van der Waals surface area contributed by atoms with E-state index in [0.717, 1.165) is 70.4 Å². The Bertz CT molecular complexity index is 1790. The van der Waals surface area contributed by atoms with Gasteiger partial charge in [-0.05, 0) is 96.3 Å². The first-order chi connectivity index (χ1) is 20.5. The molecule has 0 radical (unpaired) electrons. The maximum atomic E-state index is 14.8. The highest BCUT2D eigenvalue weighted by Crippen LogP contribution is 2.41. The van der Waals surface area contributed by atoms with Crippen molar-refractivity contribution in [3.8, 4) is 27.5 Å². The highest BCUT2D eigenvalue weighted by molar-refractivity contribution is 7.97. The summed E-state index contributed by atoms with van der Waals surface area (Å²) in [6, 6.07) is 22.4. The molecule has 6 nitrogen and oxygen atoms in total. The number of hydrogen-bond acceptors (Lipinski definition) is 6. The molecule has 3 N–H and O–H groups in total. The number of carbonyl (C=O) groups is 1. The van der Waals surface area contributed by atoms with Gasteiger partial charge in [0.25, 0.3) is 0 Å². The summed E-state index contributed by atoms with van der Waals surface area (Å²) in [6.45, 7) is 0. The molecule has 7 rings (SSSR count). The van der Waals surface area contributed by atoms with Crippen molar-refractivity contribution in [1.82, 2.24) is 14.8 Å². The number of hydrogen-bond donors (Lipinski definition) is 2. The third-order valence-corrected chi connectivity index (χ3v) is 9.50. The molecule has 212 valence electrons. The Morgan fingerprint density at radius 2 is 1.81 bits per heavy atom. The molecule has 0 bridgehead atoms. The second-order valence-corrected chi connectivity index (χ2v) is 12.7. The van der Waals surface area contributed by atoms with E-state index >= 15 is 0 Å². The molecule has 2 saturated carbocycles. The Kier molecular flexibility index (Phi) is 7.17. The first-order valence-corrected chi connectivity index (χ1v) is 15.9. The molecular weight excluding hydrogens is 568 g/mol. The SMILES string of the molecule is NSc1ccc(Cc2c(-c3cccc(-c4ccc(C5CC5)cc4)c3)nn(-c3nc(C(=O)O)cs3)c2CC2CC2)cc1F. The summed E-state index contributed by atoms with van der Waals surface area (Å²) in [5, 5.41) is 22.3. The fraction of sp³-hybridized carbons (Fsp3) is 0.242. The number of carboxylic acids is 1. The highest BCUT2D eigenvalue weighted by atomic mass is 32.2. The van der Waals surface area contributed by atoms with Gasteiger partial charge in [0.05, 0.1) is 16.3 Å². The van der Waals surface area contributed by atoms with Gasteiger partial charge in [0.2, 0.25) is 5.13 Å². The summed E-state index contributed by atoms with van der Waals surface area (Å²) in [7, 11) is 0. The molecule has 5 aromatic rings. The van der Waals surface area contributed by atoms with E-state index in [9.17, 15) is 14.3 Å². The molecule has 9 heteroatoms. The van der Waals surface area contributed by atoms with Gasteiger partial charge in [-0.15, -0.1) is 11.3 Å². The molecule has 2 heterocycles. The lowest BCUT2D eigenvalue weighted by Gasteiger charge is -2.10. The zero-order valence-electron chi connectivity index (χ0n) is 22.8. The number of nitrogens with two attached hydrogens (primary N) is 1. The lowest BCUT2D eigenvalue weighted by molar-refractivity contribution is 0.0691. The Hall–Kier alpha value is -3.79. The van der Waals surface area contributed by atoms with E-state index in [1.807, 2.05) is 16.8 Å². The summed E-state index contributed by atoms with van der Waals surface area (Å²) < 4.78 is 16.6. The third kappa shape index (κ3) is 5.52. The molecule has 2 aliphatic carbocycles. The predicted octanol–water partition coefficient (Wildman–Crippen LogP) is 7.89. The largest absolute Gasteiger partial charge is 0.476 e. The van der Waals surface area contributed by atoms with Crippen molar-refractivity contribution >= 4 is 29.3 Å². The highest BCUT2D eigenvalue weighted by Gasteiger charge is 2.29. The van der Waals surface area contributed by atoms with Crippen LogP contribution in [0.15, 0.2) is 77.0 Å². The fourth-order valence-corrected chi connectivity index (χ4v) is 6.58. The minimum atomic E-state index is -1.07. The van der Waals surface area contributed by atoms with Crippen LogP contribution in [0.1, 0.15) is 64.5 Å². The summed E-state index contributed by atoms with van der Waals surface area (Å²) in [5.41, 5.74) is 8.20. The minimum Gasteiger partial charge on any atom is -0.476 e. The van der Waals surface area contributed by atoms with Crippen LogP contribution in [0.2, 0.25) is 0 Å². The minimum absolute atomic E-state index is 0.000409. The molecule has 0 aliphatic heterocycles. The van der Waals surface area contributed by atoms with Crippen LogP contribution in [0.3, 0.4) is 0 Å². The maximum Gasteiger partial charge on any atom is 0.355 e. The number of carboxylic acid groups (broad SMARTS) is 1. The third-order valence-electron chi connectivity index (χ3n) is 8.09. The topological polar surface area (TPSA) is 94.0 Å². The second kappa shape index (κ2) is 11.1. The quantitative estimate of drug-likeness (QED) is 0.159. The zero-order chi connectivity index (χ0) is 28.8. The summed E-state index contributed by atoms with van der Waals surface area (Å²) in [6.07, 6.45) is 6.10. The van der Waals surface area contributed by atoms with Crippen molar-refractivity contribution in [2.75, 3.05) is 0 Å². The number of halogens is 1. The van der Waals surface area contributed by atoms with E-state index in [1.54, 1.807) is 17.5 Å². The summed E-state index contributed by atoms with van der Waals surface area (Å²) >= 11 is 2.16. The smallest absolute Gasteiger partial charge is 0.355 e. The van der Waals surface area contributed by atoms with Crippen LogP contribution in [0, 0.1) is 11.7 Å². The first kappa shape index (κ1) is 27.1. The average molecular weight is 597 g/mol. The second-order valence-electron chi connectivity index (χ2n) is 11.2. The van der Waals surface area contributed by atoms with E-state index in [2.05, 4.69) is 47.4 Å². The van der Waals surface area contributed by atoms with Gasteiger partial charge >= 0.3 is 5.97 Å². The summed E-state index contributed by atoms with van der Waals surface area (Å²) in [4.78, 5) is 16.4. The van der Waals surface area contributed by atoms with Crippen molar-refractivity contribution in [3.63, 3.8) is 0 Å². The molecule has 0 amide bonds. The van der Waals surface area contributed by atoms with E-state index < -0.39 is 5.97 Å². The number of rotatable bonds is 10. The standard InChI is InChI=1S/C33H29FN4O2S2/c34-27-15-20(6-13-30(27)42-35)14-26-29(16-19-4-5-19)38(33-36-28(18-41-33)32(39)40)37-31(26)25-3-1-2-24(17-25)23-11-9-22(10-12-23)21-7-8-21/h1-3,6,9-13,15,17-19,21H,4-5,7-8,14,16,35H2,(H,39,40). The van der Waals surface area contributed by atoms with Crippen LogP contribution < -0.4 is 5.14 Å². The van der Waals surface area contributed by atoms with Crippen molar-refractivity contribution in [1.29, 1.82) is 0 Å². The van der Waals surface area contributed by atoms with E-state index in [-0.39, 0.29) is 11.5 Å². The number of thiazole rings is 1. The Balaban J connectivity index is 1.35. The zero-order valence-corrected chi connectivity index (χ0v) is 24.4. The number of aromatic nitrogens is 3. The van der Waals surface area contributed by atoms with Gasteiger partial charge in [-0.2, -0.15) is 5.10 Å². The lowest BCUT2D eigenvalue weighted by Crippen LogP contribution is -2.06. The van der Waals surface area contributed by atoms with Crippen LogP contribution in [-0.4, -0.2) is 25.8 Å². The van der Waals surface area contributed by atoms with Crippen molar-refractivity contribution < 1.29 is 14.3 Å². The van der Waals surface area contributed by atoms with Gasteiger partial charge in [0.15, 0.2) is 5.69 Å². The Morgan fingerprint density at radius 3 is 2.48 bits per heavy atom. The van der Waals surface area contributed by atoms with Crippen LogP contribution >= 0.6 is 23.3 Å². The Morgan fingerprint density at radius 1 is 1.02 bits per heavy atom. The van der Waals surface area contributed by atoms with Crippen LogP contribution in [-0.2, 0) is 12.8 Å². The monoisotopic (exact) mass is 596 g/mol. The molecule has 3 aromatic carbocycles. The number of benzene rings is 3. The molecule has 2 aromatic heterocycles. The van der Waals surface area contributed by atoms with E-state index in [1.165, 1.54) is 29.7 Å². The van der Waals surface area contributed by atoms with Gasteiger partial charge in [0, 0.05) is 22.9 Å². The van der Waals surface area contributed by atoms with Crippen LogP contribution in [0.4, 0.5) is 4.39 Å². The molecule has 2 fully saturated rings. The van der Waals surface area contributed by atoms with Crippen LogP contribution in [0.25, 0.3) is 27.5 Å². The molecule has 42 heavy (non-hydrogen) atoms. The van der Waals surface area contributed by atoms with Gasteiger partial charge in [-0.3, -0.25) is 5.14 Å². The summed E-state index contributed by atoms with van der Waals surface area (Å²) in [5.74, 6) is -0.172. The van der Waals surface area contributed by atoms with E-state index in [4.69, 9.17) is 10.2 Å². The van der Waals surface area contributed by atoms with Crippen LogP contribution in [0.5, 0.6) is 0 Å². The molecule has 0 unspecified atom stereocenters. The van der Waals surface area contributed by atoms with Gasteiger partial charge in [-0.25, -0.2) is 18.9 Å². The predicted molar refractivity (Wildman–Crippen MR) is 165 cm³/mol. The number of aromatic carboxylic acids is 1. The normalized spacial score (nSPS) is 14.8. The van der Waals surface area contributed by atoms with Gasteiger partial charge < -0.3 is 5.11 Å². The number of nitrogens with zero attached hydrogens (tertiary/aromatic N) is 3. The lowest BCUT2D eigenvalue weighted by atomic mass is 9.95. The van der Waals surface area contributed by atoms with Crippen molar-refractivity contribution in [3.05, 3.63) is 106 Å². The van der Waals surface area contributed by atoms with Gasteiger partial charge in [-0.1, -0.05) is 48.5 Å². The maximum absolute atomic E-state index is 14.8.